The average molecular weight is 904 g/mol. The van der Waals surface area contributed by atoms with Gasteiger partial charge in [0.1, 0.15) is 25.0 Å². The molecule has 0 unspecified atom stereocenters. The SMILES string of the molecule is CCC[C@H](CC(=O)CCCCCCCCCCCCCCCCC(=O)O)C(=O)O.CN[C@@H](CCCCNC(=O)COCCOCCCC(=O)COCCOCCNC(C)=O)C(=O)O. The summed E-state index contributed by atoms with van der Waals surface area (Å²) in [6.07, 6.45) is 21.5. The fraction of sp³-hybridized carbons (Fsp3) is 0.848. The van der Waals surface area contributed by atoms with Crippen molar-refractivity contribution in [1.29, 1.82) is 0 Å². The first-order chi connectivity index (χ1) is 30.3. The maximum Gasteiger partial charge on any atom is 0.320 e. The number of likely N-dealkylation sites (N-methyl/N-ethyl adjacent to an activating group) is 1. The van der Waals surface area contributed by atoms with Crippen LogP contribution < -0.4 is 16.0 Å². The first-order valence-electron chi connectivity index (χ1n) is 23.5. The fourth-order valence-corrected chi connectivity index (χ4v) is 6.43. The lowest BCUT2D eigenvalue weighted by Crippen LogP contribution is -2.34. The monoisotopic (exact) mass is 904 g/mol. The van der Waals surface area contributed by atoms with Gasteiger partial charge in [0, 0.05) is 52.3 Å². The van der Waals surface area contributed by atoms with Crippen LogP contribution in [0.15, 0.2) is 0 Å². The van der Waals surface area contributed by atoms with Crippen LogP contribution in [0.1, 0.15) is 168 Å². The van der Waals surface area contributed by atoms with Crippen molar-refractivity contribution in [1.82, 2.24) is 16.0 Å². The maximum atomic E-state index is 11.9. The van der Waals surface area contributed by atoms with E-state index in [1.807, 2.05) is 6.92 Å². The number of ketones is 2. The van der Waals surface area contributed by atoms with Crippen molar-refractivity contribution in [3.05, 3.63) is 0 Å². The Hall–Kier alpha value is -3.51. The van der Waals surface area contributed by atoms with Crippen LogP contribution in [0, 0.1) is 5.92 Å². The lowest BCUT2D eigenvalue weighted by molar-refractivity contribution is -0.144. The molecule has 0 saturated carbocycles. The summed E-state index contributed by atoms with van der Waals surface area (Å²) in [7, 11) is 1.61. The molecule has 17 nitrogen and oxygen atoms in total. The van der Waals surface area contributed by atoms with E-state index in [-0.39, 0.29) is 49.6 Å². The van der Waals surface area contributed by atoms with Crippen LogP contribution in [0.3, 0.4) is 0 Å². The van der Waals surface area contributed by atoms with Gasteiger partial charge in [-0.25, -0.2) is 0 Å². The predicted octanol–water partition coefficient (Wildman–Crippen LogP) is 6.27. The van der Waals surface area contributed by atoms with Gasteiger partial charge in [0.15, 0.2) is 5.78 Å². The molecule has 0 rings (SSSR count). The van der Waals surface area contributed by atoms with Crippen LogP contribution in [0.2, 0.25) is 0 Å². The number of hydrogen-bond donors (Lipinski definition) is 6. The Bertz CT molecular complexity index is 1190. The second-order valence-corrected chi connectivity index (χ2v) is 15.9. The largest absolute Gasteiger partial charge is 0.481 e. The van der Waals surface area contributed by atoms with Gasteiger partial charge in [-0.2, -0.15) is 0 Å². The summed E-state index contributed by atoms with van der Waals surface area (Å²) < 4.78 is 21.1. The van der Waals surface area contributed by atoms with Gasteiger partial charge in [-0.15, -0.1) is 0 Å². The third kappa shape index (κ3) is 47.8. The number of ether oxygens (including phenoxy) is 4. The molecule has 6 N–H and O–H groups in total. The van der Waals surface area contributed by atoms with Gasteiger partial charge in [0.05, 0.1) is 39.0 Å². The van der Waals surface area contributed by atoms with Crippen LogP contribution in [-0.2, 0) is 52.5 Å². The smallest absolute Gasteiger partial charge is 0.320 e. The molecule has 0 saturated heterocycles. The summed E-state index contributed by atoms with van der Waals surface area (Å²) in [6.45, 7) is 6.36. The van der Waals surface area contributed by atoms with Crippen LogP contribution in [0.5, 0.6) is 0 Å². The number of carboxylic acids is 3. The van der Waals surface area contributed by atoms with E-state index in [0.29, 0.717) is 97.5 Å². The van der Waals surface area contributed by atoms with Crippen LogP contribution in [0.4, 0.5) is 0 Å². The minimum Gasteiger partial charge on any atom is -0.481 e. The molecule has 0 spiro atoms. The van der Waals surface area contributed by atoms with E-state index in [9.17, 15) is 33.6 Å². The van der Waals surface area contributed by atoms with E-state index in [1.54, 1.807) is 7.05 Å². The number of nitrogens with one attached hydrogen (secondary N) is 3. The van der Waals surface area contributed by atoms with Gasteiger partial charge >= 0.3 is 17.9 Å². The fourth-order valence-electron chi connectivity index (χ4n) is 6.43. The van der Waals surface area contributed by atoms with Gasteiger partial charge in [0.2, 0.25) is 11.8 Å². The highest BCUT2D eigenvalue weighted by Gasteiger charge is 2.20. The third-order valence-electron chi connectivity index (χ3n) is 10.0. The summed E-state index contributed by atoms with van der Waals surface area (Å²) in [6, 6.07) is -0.565. The van der Waals surface area contributed by atoms with E-state index in [4.69, 9.17) is 34.3 Å². The first-order valence-corrected chi connectivity index (χ1v) is 23.5. The van der Waals surface area contributed by atoms with Gasteiger partial charge in [-0.1, -0.05) is 90.4 Å². The molecule has 0 heterocycles. The predicted molar refractivity (Wildman–Crippen MR) is 241 cm³/mol. The number of unbranched alkanes of at least 4 members (excludes halogenated alkanes) is 14. The Kier molecular flexibility index (Phi) is 45.4. The van der Waals surface area contributed by atoms with E-state index in [0.717, 1.165) is 38.5 Å². The zero-order chi connectivity index (χ0) is 47.2. The normalized spacial score (nSPS) is 11.9. The highest BCUT2D eigenvalue weighted by atomic mass is 16.5. The quantitative estimate of drug-likeness (QED) is 0.0368. The molecule has 368 valence electrons. The molecule has 0 aromatic heterocycles. The molecule has 2 amide bonds. The molecule has 17 heteroatoms. The number of carboxylic acid groups (broad SMARTS) is 3. The second-order valence-electron chi connectivity index (χ2n) is 15.9. The Morgan fingerprint density at radius 3 is 1.51 bits per heavy atom. The summed E-state index contributed by atoms with van der Waals surface area (Å²) in [4.78, 5) is 78.3. The lowest BCUT2D eigenvalue weighted by atomic mass is 9.95. The van der Waals surface area contributed by atoms with Crippen molar-refractivity contribution in [2.75, 3.05) is 73.0 Å². The van der Waals surface area contributed by atoms with Gasteiger partial charge in [0.25, 0.3) is 0 Å². The van der Waals surface area contributed by atoms with Crippen molar-refractivity contribution in [2.24, 2.45) is 5.92 Å². The number of rotatable bonds is 46. The zero-order valence-corrected chi connectivity index (χ0v) is 39.0. The van der Waals surface area contributed by atoms with Crippen LogP contribution in [-0.4, -0.2) is 136 Å². The van der Waals surface area contributed by atoms with Crippen LogP contribution in [0.25, 0.3) is 0 Å². The number of carbonyl (C=O) groups is 7. The summed E-state index contributed by atoms with van der Waals surface area (Å²) >= 11 is 0. The number of carbonyl (C=O) groups excluding carboxylic acids is 4. The average Bonchev–Trinajstić information content (AvgIpc) is 3.23. The topological polar surface area (TPSA) is 253 Å². The van der Waals surface area contributed by atoms with Crippen molar-refractivity contribution in [2.45, 2.75) is 174 Å². The zero-order valence-electron chi connectivity index (χ0n) is 39.0. The molecule has 0 aromatic carbocycles. The number of hydrogen-bond acceptors (Lipinski definition) is 12. The summed E-state index contributed by atoms with van der Waals surface area (Å²) in [5.74, 6) is -3.14. The molecule has 0 radical (unpaired) electrons. The van der Waals surface area contributed by atoms with Crippen molar-refractivity contribution < 1.29 is 67.8 Å². The summed E-state index contributed by atoms with van der Waals surface area (Å²) in [5, 5.41) is 34.6. The Labute approximate surface area is 377 Å². The van der Waals surface area contributed by atoms with Crippen LogP contribution >= 0.6 is 0 Å². The summed E-state index contributed by atoms with van der Waals surface area (Å²) in [5.41, 5.74) is 0. The Morgan fingerprint density at radius 1 is 0.492 bits per heavy atom. The van der Waals surface area contributed by atoms with Crippen molar-refractivity contribution in [3.8, 4) is 0 Å². The molecule has 63 heavy (non-hydrogen) atoms. The molecule has 0 bridgehead atoms. The van der Waals surface area contributed by atoms with Crippen molar-refractivity contribution in [3.63, 3.8) is 0 Å². The molecule has 0 aliphatic rings. The molecule has 0 aromatic rings. The number of Topliss-reactive ketones (excluding diaryl/α,β-unsaturated/α-hetero) is 2. The first kappa shape index (κ1) is 61.6. The molecule has 0 aliphatic heterocycles. The minimum atomic E-state index is -0.878. The molecular weight excluding hydrogens is 819 g/mol. The van der Waals surface area contributed by atoms with E-state index in [2.05, 4.69) is 16.0 Å². The van der Waals surface area contributed by atoms with E-state index < -0.39 is 29.9 Å². The second kappa shape index (κ2) is 46.5. The standard InChI is InChI=1S/C24H44O5.C22H41N3O9/c1-2-17-21(24(28)29)20-22(25)18-15-13-11-9-7-5-3-4-6-8-10-12-14-16-19-23(26)27;1-18(26)24-9-11-32-13-14-33-16-19(27)6-5-10-31-12-15-34-17-21(28)25-8-4-3-7-20(23-2)22(29)30/h21H,2-20H2,1H3,(H,26,27)(H,28,29);20,23H,3-17H2,1-2H3,(H,24,26)(H,25,28)(H,29,30)/t21-;20-/m10/s1. The highest BCUT2D eigenvalue weighted by Crippen LogP contribution is 2.16. The Balaban J connectivity index is 0. The van der Waals surface area contributed by atoms with E-state index >= 15 is 0 Å². The lowest BCUT2D eigenvalue weighted by Gasteiger charge is -2.11. The van der Waals surface area contributed by atoms with Gasteiger partial charge in [-0.3, -0.25) is 33.6 Å². The van der Waals surface area contributed by atoms with E-state index in [1.165, 1.54) is 64.7 Å². The highest BCUT2D eigenvalue weighted by molar-refractivity contribution is 5.83. The molecule has 0 aliphatic carbocycles. The third-order valence-corrected chi connectivity index (χ3v) is 10.0. The molecule has 0 fully saturated rings. The number of amides is 2. The molecular formula is C46H85N3O14. The van der Waals surface area contributed by atoms with Gasteiger partial charge < -0.3 is 50.2 Å². The van der Waals surface area contributed by atoms with Gasteiger partial charge in [-0.05, 0) is 52.0 Å². The van der Waals surface area contributed by atoms with Crippen molar-refractivity contribution >= 4 is 41.3 Å². The Morgan fingerprint density at radius 2 is 1.00 bits per heavy atom. The minimum absolute atomic E-state index is 0.0146. The maximum absolute atomic E-state index is 11.9. The number of aliphatic carboxylic acids is 3. The molecule has 2 atom stereocenters.